The van der Waals surface area contributed by atoms with Crippen LogP contribution in [0.5, 0.6) is 0 Å². The van der Waals surface area contributed by atoms with E-state index in [1.165, 1.54) is 6.07 Å². The summed E-state index contributed by atoms with van der Waals surface area (Å²) in [7, 11) is 0. The van der Waals surface area contributed by atoms with Crippen molar-refractivity contribution in [2.75, 3.05) is 5.73 Å². The van der Waals surface area contributed by atoms with Crippen molar-refractivity contribution >= 4 is 22.6 Å². The molecule has 2 N–H and O–H groups in total. The molecule has 6 heteroatoms. The van der Waals surface area contributed by atoms with Gasteiger partial charge < -0.3 is 5.73 Å². The predicted molar refractivity (Wildman–Crippen MR) is 57.3 cm³/mol. The summed E-state index contributed by atoms with van der Waals surface area (Å²) in [6.45, 7) is 0. The molecular formula is C10H6F2N2OS. The monoisotopic (exact) mass is 240 g/mol. The Labute approximate surface area is 93.5 Å². The van der Waals surface area contributed by atoms with E-state index < -0.39 is 11.6 Å². The van der Waals surface area contributed by atoms with Crippen LogP contribution in [-0.4, -0.2) is 11.3 Å². The third-order valence-corrected chi connectivity index (χ3v) is 2.89. The van der Waals surface area contributed by atoms with E-state index in [2.05, 4.69) is 4.98 Å². The van der Waals surface area contributed by atoms with Crippen LogP contribution in [0.15, 0.2) is 18.2 Å². The van der Waals surface area contributed by atoms with E-state index in [-0.39, 0.29) is 21.3 Å². The Balaban J connectivity index is 2.63. The molecule has 0 saturated heterocycles. The normalized spacial score (nSPS) is 10.4. The van der Waals surface area contributed by atoms with Crippen LogP contribution in [0.4, 0.5) is 13.8 Å². The number of benzene rings is 1. The quantitative estimate of drug-likeness (QED) is 0.820. The molecule has 2 rings (SSSR count). The molecular weight excluding hydrogens is 234 g/mol. The molecule has 0 spiro atoms. The fraction of sp³-hybridized carbons (Fsp3) is 0. The molecule has 0 atom stereocenters. The first-order chi connectivity index (χ1) is 7.63. The van der Waals surface area contributed by atoms with Crippen molar-refractivity contribution in [1.82, 2.24) is 4.98 Å². The largest absolute Gasteiger partial charge is 0.389 e. The number of rotatable bonds is 2. The fourth-order valence-electron chi connectivity index (χ4n) is 1.24. The number of aldehydes is 1. The number of nitrogens with zero attached hydrogens (tertiary/aromatic N) is 1. The van der Waals surface area contributed by atoms with E-state index in [0.29, 0.717) is 6.29 Å². The maximum absolute atomic E-state index is 13.4. The molecule has 2 aromatic rings. The second-order valence-electron chi connectivity index (χ2n) is 2.98. The van der Waals surface area contributed by atoms with Gasteiger partial charge in [0.25, 0.3) is 0 Å². The summed E-state index contributed by atoms with van der Waals surface area (Å²) in [6.07, 6.45) is 0.452. The maximum Gasteiger partial charge on any atom is 0.171 e. The Morgan fingerprint density at radius 3 is 2.44 bits per heavy atom. The van der Waals surface area contributed by atoms with Crippen LogP contribution >= 0.6 is 11.3 Å². The number of hydrogen-bond acceptors (Lipinski definition) is 4. The highest BCUT2D eigenvalue weighted by molar-refractivity contribution is 7.19. The van der Waals surface area contributed by atoms with Crippen LogP contribution in [0.25, 0.3) is 10.6 Å². The minimum absolute atomic E-state index is 0.00246. The van der Waals surface area contributed by atoms with Gasteiger partial charge in [0.2, 0.25) is 0 Å². The highest BCUT2D eigenvalue weighted by Crippen LogP contribution is 2.32. The first-order valence-corrected chi connectivity index (χ1v) is 5.11. The highest BCUT2D eigenvalue weighted by atomic mass is 32.1. The van der Waals surface area contributed by atoms with Gasteiger partial charge in [-0.05, 0) is 12.1 Å². The second-order valence-corrected chi connectivity index (χ2v) is 4.01. The third-order valence-electron chi connectivity index (χ3n) is 1.97. The van der Waals surface area contributed by atoms with Crippen LogP contribution < -0.4 is 5.73 Å². The number of thiazole rings is 1. The smallest absolute Gasteiger partial charge is 0.171 e. The summed E-state index contributed by atoms with van der Waals surface area (Å²) in [5, 5.41) is 0.211. The molecule has 0 bridgehead atoms. The lowest BCUT2D eigenvalue weighted by atomic mass is 10.2. The number of halogens is 2. The van der Waals surface area contributed by atoms with Gasteiger partial charge >= 0.3 is 0 Å². The molecule has 16 heavy (non-hydrogen) atoms. The van der Waals surface area contributed by atoms with Gasteiger partial charge in [-0.2, -0.15) is 0 Å². The van der Waals surface area contributed by atoms with Crippen molar-refractivity contribution in [1.29, 1.82) is 0 Å². The number of carbonyl (C=O) groups is 1. The molecule has 1 aromatic carbocycles. The van der Waals surface area contributed by atoms with E-state index in [4.69, 9.17) is 5.73 Å². The average molecular weight is 240 g/mol. The van der Waals surface area contributed by atoms with Gasteiger partial charge in [-0.1, -0.05) is 17.4 Å². The second kappa shape index (κ2) is 3.97. The lowest BCUT2D eigenvalue weighted by molar-refractivity contribution is 0.112. The van der Waals surface area contributed by atoms with Crippen LogP contribution in [0.3, 0.4) is 0 Å². The summed E-state index contributed by atoms with van der Waals surface area (Å²) >= 11 is 0.876. The molecule has 0 radical (unpaired) electrons. The van der Waals surface area contributed by atoms with Gasteiger partial charge in [0.15, 0.2) is 6.29 Å². The Hall–Kier alpha value is -1.82. The minimum Gasteiger partial charge on any atom is -0.389 e. The van der Waals surface area contributed by atoms with Crippen LogP contribution in [0, 0.1) is 11.6 Å². The standard InChI is InChI=1S/C10H6F2N2OS/c11-5-2-1-3-6(12)8(5)10-14-7(4-15)9(13)16-10/h1-4H,13H2. The summed E-state index contributed by atoms with van der Waals surface area (Å²) in [4.78, 5) is 14.3. The Morgan fingerprint density at radius 1 is 1.31 bits per heavy atom. The number of carbonyl (C=O) groups excluding carboxylic acids is 1. The van der Waals surface area contributed by atoms with Crippen LogP contribution in [0.2, 0.25) is 0 Å². The molecule has 0 aliphatic heterocycles. The van der Waals surface area contributed by atoms with Crippen LogP contribution in [0.1, 0.15) is 10.5 Å². The predicted octanol–water partition coefficient (Wildman–Crippen LogP) is 2.48. The maximum atomic E-state index is 13.4. The molecule has 1 heterocycles. The van der Waals surface area contributed by atoms with Crippen molar-refractivity contribution in [2.24, 2.45) is 0 Å². The van der Waals surface area contributed by atoms with E-state index in [1.807, 2.05) is 0 Å². The molecule has 1 aromatic heterocycles. The lowest BCUT2D eigenvalue weighted by Gasteiger charge is -1.99. The van der Waals surface area contributed by atoms with Gasteiger partial charge in [0.1, 0.15) is 27.3 Å². The fourth-order valence-corrected chi connectivity index (χ4v) is 2.08. The number of hydrogen-bond donors (Lipinski definition) is 1. The van der Waals surface area contributed by atoms with Crippen LogP contribution in [-0.2, 0) is 0 Å². The molecule has 0 amide bonds. The summed E-state index contributed by atoms with van der Waals surface area (Å²) in [6, 6.07) is 3.50. The van der Waals surface area contributed by atoms with Gasteiger partial charge in [-0.25, -0.2) is 13.8 Å². The minimum atomic E-state index is -0.730. The van der Waals surface area contributed by atoms with E-state index in [9.17, 15) is 13.6 Å². The summed E-state index contributed by atoms with van der Waals surface area (Å²) in [5.74, 6) is -1.46. The van der Waals surface area contributed by atoms with Crippen molar-refractivity contribution in [3.8, 4) is 10.6 Å². The molecule has 3 nitrogen and oxygen atoms in total. The van der Waals surface area contributed by atoms with Gasteiger partial charge in [0, 0.05) is 0 Å². The molecule has 82 valence electrons. The Kier molecular flexibility index (Phi) is 2.66. The Morgan fingerprint density at radius 2 is 1.94 bits per heavy atom. The average Bonchev–Trinajstić information content (AvgIpc) is 2.59. The first kappa shape index (κ1) is 10.7. The van der Waals surface area contributed by atoms with Crippen molar-refractivity contribution < 1.29 is 13.6 Å². The zero-order valence-electron chi connectivity index (χ0n) is 7.91. The third kappa shape index (κ3) is 1.67. The van der Waals surface area contributed by atoms with Crippen molar-refractivity contribution in [2.45, 2.75) is 0 Å². The topological polar surface area (TPSA) is 56.0 Å². The number of nitrogen functional groups attached to an aromatic ring is 1. The zero-order chi connectivity index (χ0) is 11.7. The highest BCUT2D eigenvalue weighted by Gasteiger charge is 2.16. The van der Waals surface area contributed by atoms with Crippen molar-refractivity contribution in [3.63, 3.8) is 0 Å². The molecule has 0 saturated carbocycles. The molecule has 0 aliphatic carbocycles. The molecule has 0 unspecified atom stereocenters. The van der Waals surface area contributed by atoms with E-state index in [0.717, 1.165) is 23.5 Å². The van der Waals surface area contributed by atoms with Gasteiger partial charge in [0.05, 0.1) is 5.56 Å². The zero-order valence-corrected chi connectivity index (χ0v) is 8.72. The summed E-state index contributed by atoms with van der Waals surface area (Å²) < 4.78 is 26.8. The Bertz CT molecular complexity index is 533. The van der Waals surface area contributed by atoms with E-state index in [1.54, 1.807) is 0 Å². The first-order valence-electron chi connectivity index (χ1n) is 4.29. The van der Waals surface area contributed by atoms with E-state index >= 15 is 0 Å². The SMILES string of the molecule is Nc1sc(-c2c(F)cccc2F)nc1C=O. The molecule has 0 aliphatic rings. The summed E-state index contributed by atoms with van der Waals surface area (Å²) in [5.41, 5.74) is 5.21. The van der Waals surface area contributed by atoms with Crippen molar-refractivity contribution in [3.05, 3.63) is 35.5 Å². The molecule has 0 fully saturated rings. The van der Waals surface area contributed by atoms with Gasteiger partial charge in [-0.3, -0.25) is 4.79 Å². The number of aromatic nitrogens is 1. The van der Waals surface area contributed by atoms with Gasteiger partial charge in [-0.15, -0.1) is 0 Å². The lowest BCUT2D eigenvalue weighted by Crippen LogP contribution is -1.90. The number of nitrogens with two attached hydrogens (primary N) is 1. The number of anilines is 1.